The van der Waals surface area contributed by atoms with Gasteiger partial charge >= 0.3 is 0 Å². The van der Waals surface area contributed by atoms with Gasteiger partial charge in [-0.2, -0.15) is 10.2 Å². The maximum absolute atomic E-state index is 13.6. The second-order valence-corrected chi connectivity index (χ2v) is 6.35. The molecule has 2 heterocycles. The van der Waals surface area contributed by atoms with Crippen LogP contribution < -0.4 is 10.1 Å². The van der Waals surface area contributed by atoms with Crippen molar-refractivity contribution in [1.29, 1.82) is 0 Å². The van der Waals surface area contributed by atoms with Gasteiger partial charge in [0.2, 0.25) is 5.91 Å². The molecule has 1 aliphatic rings. The molecule has 8 heteroatoms. The van der Waals surface area contributed by atoms with E-state index in [-0.39, 0.29) is 12.3 Å². The Morgan fingerprint density at radius 3 is 2.82 bits per heavy atom. The van der Waals surface area contributed by atoms with E-state index >= 15 is 0 Å². The van der Waals surface area contributed by atoms with Crippen molar-refractivity contribution in [2.75, 3.05) is 12.4 Å². The van der Waals surface area contributed by atoms with Gasteiger partial charge in [-0.1, -0.05) is 13.8 Å². The van der Waals surface area contributed by atoms with E-state index in [0.29, 0.717) is 28.7 Å². The molecule has 7 nitrogen and oxygen atoms in total. The molecule has 1 aromatic carbocycles. The molecule has 0 radical (unpaired) electrons. The van der Waals surface area contributed by atoms with Crippen molar-refractivity contribution in [3.05, 3.63) is 53.7 Å². The van der Waals surface area contributed by atoms with Crippen molar-refractivity contribution >= 4 is 11.7 Å². The highest BCUT2D eigenvalue weighted by Gasteiger charge is 2.25. The van der Waals surface area contributed by atoms with Crippen molar-refractivity contribution in [1.82, 2.24) is 20.0 Å². The quantitative estimate of drug-likeness (QED) is 0.675. The smallest absolute Gasteiger partial charge is 0.230 e. The summed E-state index contributed by atoms with van der Waals surface area (Å²) in [6.07, 6.45) is 5.75. The topological polar surface area (TPSA) is 84.8 Å². The van der Waals surface area contributed by atoms with E-state index in [1.54, 1.807) is 18.5 Å². The first-order valence-corrected chi connectivity index (χ1v) is 9.34. The minimum atomic E-state index is -0.417. The number of methoxy groups -OCH3 is 1. The number of hydrogen-bond donors (Lipinski definition) is 2. The SMILES string of the molecule is CC.COc1cc(F)cc(-n2cc(CC(=O)Nc3cc(C4CC4)[nH]n3)cn2)c1. The van der Waals surface area contributed by atoms with E-state index in [0.717, 1.165) is 5.69 Å². The number of amides is 1. The van der Waals surface area contributed by atoms with Crippen LogP contribution in [0.5, 0.6) is 5.75 Å². The lowest BCUT2D eigenvalue weighted by molar-refractivity contribution is -0.115. The number of anilines is 1. The van der Waals surface area contributed by atoms with Gasteiger partial charge in [0.15, 0.2) is 5.82 Å². The summed E-state index contributed by atoms with van der Waals surface area (Å²) in [4.78, 5) is 12.2. The summed E-state index contributed by atoms with van der Waals surface area (Å²) >= 11 is 0. The largest absolute Gasteiger partial charge is 0.497 e. The second kappa shape index (κ2) is 8.69. The highest BCUT2D eigenvalue weighted by atomic mass is 19.1. The Hall–Kier alpha value is -3.16. The predicted octanol–water partition coefficient (Wildman–Crippen LogP) is 3.83. The first-order valence-electron chi connectivity index (χ1n) is 9.34. The average molecular weight is 385 g/mol. The molecule has 0 saturated heterocycles. The van der Waals surface area contributed by atoms with Gasteiger partial charge in [-0.25, -0.2) is 9.07 Å². The van der Waals surface area contributed by atoms with E-state index in [4.69, 9.17) is 4.74 Å². The van der Waals surface area contributed by atoms with Gasteiger partial charge in [-0.15, -0.1) is 0 Å². The Kier molecular flexibility index (Phi) is 6.08. The lowest BCUT2D eigenvalue weighted by atomic mass is 10.2. The zero-order valence-corrected chi connectivity index (χ0v) is 16.2. The Balaban J connectivity index is 0.00000109. The van der Waals surface area contributed by atoms with Crippen LogP contribution in [0.2, 0.25) is 0 Å². The molecule has 1 fully saturated rings. The number of benzene rings is 1. The standard InChI is InChI=1S/C18H18FN5O2.C2H6/c1-26-15-6-13(19)5-14(7-15)24-10-11(9-20-24)4-18(25)21-17-8-16(22-23-17)12-2-3-12;1-2/h5-10,12H,2-4H2,1H3,(H2,21,22,23,25);1-2H3. The number of carbonyl (C=O) groups excluding carboxylic acids is 1. The van der Waals surface area contributed by atoms with Crippen LogP contribution in [0.1, 0.15) is 43.9 Å². The van der Waals surface area contributed by atoms with Crippen LogP contribution >= 0.6 is 0 Å². The molecule has 0 bridgehead atoms. The monoisotopic (exact) mass is 385 g/mol. The van der Waals surface area contributed by atoms with Crippen molar-refractivity contribution in [2.24, 2.45) is 0 Å². The molecular weight excluding hydrogens is 361 g/mol. The summed E-state index contributed by atoms with van der Waals surface area (Å²) in [6.45, 7) is 4.00. The van der Waals surface area contributed by atoms with Gasteiger partial charge in [0.1, 0.15) is 11.6 Å². The lowest BCUT2D eigenvalue weighted by Gasteiger charge is -2.05. The maximum Gasteiger partial charge on any atom is 0.230 e. The van der Waals surface area contributed by atoms with Crippen LogP contribution in [-0.2, 0) is 11.2 Å². The summed E-state index contributed by atoms with van der Waals surface area (Å²) in [7, 11) is 1.47. The van der Waals surface area contributed by atoms with Gasteiger partial charge in [-0.3, -0.25) is 9.89 Å². The van der Waals surface area contributed by atoms with Crippen molar-refractivity contribution < 1.29 is 13.9 Å². The van der Waals surface area contributed by atoms with Crippen molar-refractivity contribution in [3.63, 3.8) is 0 Å². The van der Waals surface area contributed by atoms with Crippen LogP contribution in [0.15, 0.2) is 36.7 Å². The zero-order valence-electron chi connectivity index (χ0n) is 16.2. The molecule has 1 saturated carbocycles. The predicted molar refractivity (Wildman–Crippen MR) is 104 cm³/mol. The minimum Gasteiger partial charge on any atom is -0.497 e. The first-order chi connectivity index (χ1) is 13.6. The molecule has 2 N–H and O–H groups in total. The second-order valence-electron chi connectivity index (χ2n) is 6.35. The number of aromatic amines is 1. The third-order valence-electron chi connectivity index (χ3n) is 4.24. The van der Waals surface area contributed by atoms with E-state index in [1.165, 1.54) is 36.8 Å². The van der Waals surface area contributed by atoms with Crippen molar-refractivity contribution in [2.45, 2.75) is 39.0 Å². The van der Waals surface area contributed by atoms with E-state index in [9.17, 15) is 9.18 Å². The number of ether oxygens (including phenoxy) is 1. The van der Waals surface area contributed by atoms with Crippen LogP contribution in [-0.4, -0.2) is 33.0 Å². The molecule has 28 heavy (non-hydrogen) atoms. The van der Waals surface area contributed by atoms with Gasteiger partial charge in [-0.05, 0) is 24.5 Å². The molecule has 2 aromatic heterocycles. The van der Waals surface area contributed by atoms with Gasteiger partial charge in [0.05, 0.1) is 25.4 Å². The molecular formula is C20H24FN5O2. The number of halogens is 1. The molecule has 1 aliphatic carbocycles. The van der Waals surface area contributed by atoms with Crippen LogP contribution in [0.4, 0.5) is 10.2 Å². The van der Waals surface area contributed by atoms with E-state index in [1.807, 2.05) is 19.9 Å². The van der Waals surface area contributed by atoms with Crippen LogP contribution in [0.3, 0.4) is 0 Å². The molecule has 0 spiro atoms. The Labute approximate surface area is 162 Å². The minimum absolute atomic E-state index is 0.151. The van der Waals surface area contributed by atoms with Gasteiger partial charge in [0.25, 0.3) is 0 Å². The number of nitrogens with zero attached hydrogens (tertiary/aromatic N) is 3. The molecule has 3 aromatic rings. The maximum atomic E-state index is 13.6. The fraction of sp³-hybridized carbons (Fsp3) is 0.350. The molecule has 1 amide bonds. The highest BCUT2D eigenvalue weighted by Crippen LogP contribution is 2.39. The number of hydrogen-bond acceptors (Lipinski definition) is 4. The number of carbonyl (C=O) groups is 1. The number of nitrogens with one attached hydrogen (secondary N) is 2. The summed E-state index contributed by atoms with van der Waals surface area (Å²) in [5, 5.41) is 14.0. The van der Waals surface area contributed by atoms with Crippen LogP contribution in [0, 0.1) is 5.82 Å². The molecule has 0 aliphatic heterocycles. The Morgan fingerprint density at radius 1 is 1.32 bits per heavy atom. The summed E-state index contributed by atoms with van der Waals surface area (Å²) in [6, 6.07) is 6.19. The highest BCUT2D eigenvalue weighted by molar-refractivity contribution is 5.91. The zero-order chi connectivity index (χ0) is 20.1. The summed E-state index contributed by atoms with van der Waals surface area (Å²) in [5.41, 5.74) is 2.30. The Bertz CT molecular complexity index is 946. The molecule has 0 unspecified atom stereocenters. The van der Waals surface area contributed by atoms with Gasteiger partial charge < -0.3 is 10.1 Å². The first kappa shape index (κ1) is 19.6. The third-order valence-corrected chi connectivity index (χ3v) is 4.24. The average Bonchev–Trinajstić information content (AvgIpc) is 3.27. The fourth-order valence-electron chi connectivity index (χ4n) is 2.77. The van der Waals surface area contributed by atoms with Crippen molar-refractivity contribution in [3.8, 4) is 11.4 Å². The molecule has 0 atom stereocenters. The number of aromatic nitrogens is 4. The normalized spacial score (nSPS) is 12.9. The van der Waals surface area contributed by atoms with E-state index in [2.05, 4.69) is 20.6 Å². The third kappa shape index (κ3) is 4.76. The Morgan fingerprint density at radius 2 is 2.11 bits per heavy atom. The number of H-pyrrole nitrogens is 1. The summed E-state index contributed by atoms with van der Waals surface area (Å²) in [5.74, 6) is 0.878. The summed E-state index contributed by atoms with van der Waals surface area (Å²) < 4.78 is 20.2. The number of rotatable bonds is 6. The molecule has 4 rings (SSSR count). The van der Waals surface area contributed by atoms with Gasteiger partial charge in [0, 0.05) is 36.0 Å². The lowest BCUT2D eigenvalue weighted by Crippen LogP contribution is -2.14. The fourth-order valence-corrected chi connectivity index (χ4v) is 2.77. The van der Waals surface area contributed by atoms with Crippen LogP contribution in [0.25, 0.3) is 5.69 Å². The van der Waals surface area contributed by atoms with E-state index < -0.39 is 5.82 Å². The molecule has 148 valence electrons.